The van der Waals surface area contributed by atoms with Crippen molar-refractivity contribution in [3.05, 3.63) is 24.3 Å². The van der Waals surface area contributed by atoms with Crippen LogP contribution in [-0.2, 0) is 14.3 Å². The molecule has 0 saturated carbocycles. The predicted octanol–water partition coefficient (Wildman–Crippen LogP) is 3.68. The maximum absolute atomic E-state index is 12.1. The van der Waals surface area contributed by atoms with Crippen molar-refractivity contribution in [2.24, 2.45) is 4.99 Å². The topological polar surface area (TPSA) is 118 Å². The van der Waals surface area contributed by atoms with Crippen LogP contribution in [-0.4, -0.2) is 35.3 Å². The number of nitrogens with zero attached hydrogens (tertiary/aromatic N) is 1. The van der Waals surface area contributed by atoms with Crippen LogP contribution in [0.5, 0.6) is 0 Å². The highest BCUT2D eigenvalue weighted by molar-refractivity contribution is 6.03. The second-order valence-electron chi connectivity index (χ2n) is 7.91. The fourth-order valence-electron chi connectivity index (χ4n) is 1.87. The minimum atomic E-state index is -0.806. The Balaban J connectivity index is 3.15. The number of rotatable bonds is 2. The Morgan fingerprint density at radius 2 is 1.32 bits per heavy atom. The van der Waals surface area contributed by atoms with Crippen molar-refractivity contribution in [2.75, 3.05) is 5.32 Å². The maximum atomic E-state index is 12.1. The molecule has 0 heterocycles. The molecule has 0 fully saturated rings. The van der Waals surface area contributed by atoms with Gasteiger partial charge in [-0.3, -0.25) is 15.4 Å². The molecule has 0 aliphatic rings. The minimum Gasteiger partial charge on any atom is -0.444 e. The Labute approximate surface area is 164 Å². The lowest BCUT2D eigenvalue weighted by Crippen LogP contribution is -2.47. The molecule has 0 spiro atoms. The molecule has 3 amide bonds. The third-order valence-electron chi connectivity index (χ3n) is 2.69. The second-order valence-corrected chi connectivity index (χ2v) is 7.91. The van der Waals surface area contributed by atoms with Gasteiger partial charge in [0.25, 0.3) is 0 Å². The molecule has 0 radical (unpaired) electrons. The first-order valence-electron chi connectivity index (χ1n) is 8.70. The molecule has 1 aromatic carbocycles. The largest absolute Gasteiger partial charge is 0.444 e. The van der Waals surface area contributed by atoms with E-state index in [1.807, 2.05) is 0 Å². The summed E-state index contributed by atoms with van der Waals surface area (Å²) in [6.07, 6.45) is -1.61. The molecule has 3 N–H and O–H groups in total. The lowest BCUT2D eigenvalue weighted by atomic mass is 10.2. The van der Waals surface area contributed by atoms with Gasteiger partial charge in [-0.05, 0) is 53.7 Å². The van der Waals surface area contributed by atoms with Gasteiger partial charge in [-0.25, -0.2) is 14.6 Å². The number of anilines is 1. The van der Waals surface area contributed by atoms with E-state index in [4.69, 9.17) is 9.47 Å². The summed E-state index contributed by atoms with van der Waals surface area (Å²) >= 11 is 0. The summed E-state index contributed by atoms with van der Waals surface area (Å²) < 4.78 is 10.4. The first-order chi connectivity index (χ1) is 12.7. The highest BCUT2D eigenvalue weighted by Crippen LogP contribution is 2.24. The van der Waals surface area contributed by atoms with Gasteiger partial charge >= 0.3 is 12.2 Å². The van der Waals surface area contributed by atoms with E-state index in [1.54, 1.807) is 65.8 Å². The van der Waals surface area contributed by atoms with Gasteiger partial charge < -0.3 is 14.8 Å². The summed E-state index contributed by atoms with van der Waals surface area (Å²) in [6, 6.07) is 6.66. The Bertz CT molecular complexity index is 728. The molecule has 1 aromatic rings. The molecule has 0 bridgehead atoms. The average Bonchev–Trinajstić information content (AvgIpc) is 2.44. The van der Waals surface area contributed by atoms with E-state index in [2.05, 4.69) is 20.9 Å². The van der Waals surface area contributed by atoms with Gasteiger partial charge in [0, 0.05) is 6.92 Å². The van der Waals surface area contributed by atoms with Crippen LogP contribution in [0.25, 0.3) is 0 Å². The van der Waals surface area contributed by atoms with Gasteiger partial charge in [-0.1, -0.05) is 12.1 Å². The molecule has 0 atom stereocenters. The van der Waals surface area contributed by atoms with Gasteiger partial charge in [0.15, 0.2) is 0 Å². The van der Waals surface area contributed by atoms with Crippen molar-refractivity contribution in [1.82, 2.24) is 10.6 Å². The highest BCUT2D eigenvalue weighted by Gasteiger charge is 2.21. The van der Waals surface area contributed by atoms with E-state index >= 15 is 0 Å². The fraction of sp³-hybridized carbons (Fsp3) is 0.474. The van der Waals surface area contributed by atoms with Crippen LogP contribution in [0, 0.1) is 0 Å². The normalized spacial score (nSPS) is 11.1. The molecule has 1 rings (SSSR count). The van der Waals surface area contributed by atoms with E-state index in [0.29, 0.717) is 11.4 Å². The molecule has 0 aliphatic carbocycles. The van der Waals surface area contributed by atoms with E-state index in [1.165, 1.54) is 6.92 Å². The molecule has 0 aromatic heterocycles. The molecule has 9 heteroatoms. The SMILES string of the molecule is CC(=O)Nc1ccccc1N=C(NC(=O)OC(C)(C)C)NC(=O)OC(C)(C)C. The van der Waals surface area contributed by atoms with Crippen molar-refractivity contribution in [3.63, 3.8) is 0 Å². The summed E-state index contributed by atoms with van der Waals surface area (Å²) in [5.74, 6) is -0.495. The van der Waals surface area contributed by atoms with Gasteiger partial charge in [-0.2, -0.15) is 0 Å². The number of nitrogens with one attached hydrogen (secondary N) is 3. The molecule has 0 aliphatic heterocycles. The predicted molar refractivity (Wildman–Crippen MR) is 107 cm³/mol. The van der Waals surface area contributed by atoms with Crippen molar-refractivity contribution in [2.45, 2.75) is 59.7 Å². The van der Waals surface area contributed by atoms with Gasteiger partial charge in [-0.15, -0.1) is 0 Å². The Morgan fingerprint density at radius 1 is 0.857 bits per heavy atom. The van der Waals surface area contributed by atoms with Crippen LogP contribution >= 0.6 is 0 Å². The van der Waals surface area contributed by atoms with E-state index in [0.717, 1.165) is 0 Å². The number of benzene rings is 1. The zero-order valence-corrected chi connectivity index (χ0v) is 17.3. The molecular formula is C19H28N4O5. The van der Waals surface area contributed by atoms with Gasteiger partial charge in [0.1, 0.15) is 11.2 Å². The zero-order chi connectivity index (χ0) is 21.5. The lowest BCUT2D eigenvalue weighted by Gasteiger charge is -2.22. The zero-order valence-electron chi connectivity index (χ0n) is 17.3. The Kier molecular flexibility index (Phi) is 7.54. The first-order valence-corrected chi connectivity index (χ1v) is 8.70. The molecule has 28 heavy (non-hydrogen) atoms. The number of para-hydroxylation sites is 2. The monoisotopic (exact) mass is 392 g/mol. The Morgan fingerprint density at radius 3 is 1.75 bits per heavy atom. The number of guanidine groups is 1. The van der Waals surface area contributed by atoms with Crippen LogP contribution in [0.4, 0.5) is 21.0 Å². The third kappa shape index (κ3) is 9.56. The number of carbonyl (C=O) groups is 3. The van der Waals surface area contributed by atoms with Crippen LogP contribution < -0.4 is 16.0 Å². The Hall–Kier alpha value is -3.10. The van der Waals surface area contributed by atoms with Crippen molar-refractivity contribution in [3.8, 4) is 0 Å². The highest BCUT2D eigenvalue weighted by atomic mass is 16.6. The van der Waals surface area contributed by atoms with E-state index in [9.17, 15) is 14.4 Å². The number of hydrogen-bond acceptors (Lipinski definition) is 6. The molecule has 0 saturated heterocycles. The van der Waals surface area contributed by atoms with E-state index in [-0.39, 0.29) is 11.9 Å². The van der Waals surface area contributed by atoms with Crippen molar-refractivity contribution < 1.29 is 23.9 Å². The molecule has 154 valence electrons. The summed E-state index contributed by atoms with van der Waals surface area (Å²) in [5.41, 5.74) is -0.756. The molecular weight excluding hydrogens is 364 g/mol. The number of hydrogen-bond donors (Lipinski definition) is 3. The fourth-order valence-corrected chi connectivity index (χ4v) is 1.87. The molecule has 0 unspecified atom stereocenters. The smallest absolute Gasteiger partial charge is 0.414 e. The summed E-state index contributed by atoms with van der Waals surface area (Å²) in [7, 11) is 0. The average molecular weight is 392 g/mol. The minimum absolute atomic E-state index is 0.207. The van der Waals surface area contributed by atoms with Crippen LogP contribution in [0.2, 0.25) is 0 Å². The van der Waals surface area contributed by atoms with Crippen LogP contribution in [0.15, 0.2) is 29.3 Å². The van der Waals surface area contributed by atoms with Crippen LogP contribution in [0.1, 0.15) is 48.5 Å². The van der Waals surface area contributed by atoms with Gasteiger partial charge in [0.05, 0.1) is 11.4 Å². The number of carbonyl (C=O) groups excluding carboxylic acids is 3. The molecule has 9 nitrogen and oxygen atoms in total. The number of ether oxygens (including phenoxy) is 2. The van der Waals surface area contributed by atoms with E-state index < -0.39 is 23.4 Å². The summed E-state index contributed by atoms with van der Waals surface area (Å²) in [6.45, 7) is 11.6. The van der Waals surface area contributed by atoms with Crippen molar-refractivity contribution >= 4 is 35.4 Å². The summed E-state index contributed by atoms with van der Waals surface area (Å²) in [4.78, 5) is 39.8. The number of alkyl carbamates (subject to hydrolysis) is 2. The third-order valence-corrected chi connectivity index (χ3v) is 2.69. The van der Waals surface area contributed by atoms with Gasteiger partial charge in [0.2, 0.25) is 11.9 Å². The standard InChI is InChI=1S/C19H28N4O5/c1-12(24)20-13-10-8-9-11-14(13)21-15(22-16(25)27-18(2,3)4)23-17(26)28-19(5,6)7/h8-11H,1-7H3,(H,20,24)(H2,21,22,23,25,26). The second kappa shape index (κ2) is 9.20. The first kappa shape index (κ1) is 22.9. The van der Waals surface area contributed by atoms with Crippen LogP contribution in [0.3, 0.4) is 0 Å². The van der Waals surface area contributed by atoms with Crippen molar-refractivity contribution in [1.29, 1.82) is 0 Å². The maximum Gasteiger partial charge on any atom is 0.414 e. The quantitative estimate of drug-likeness (QED) is 0.524. The lowest BCUT2D eigenvalue weighted by molar-refractivity contribution is -0.114. The summed E-state index contributed by atoms with van der Waals surface area (Å²) in [5, 5.41) is 7.39. The number of aliphatic imine (C=N–C) groups is 1. The number of amides is 3.